The standard InChI is InChI=1S/C14H23N3O/c1-15-10-14(18)16-13(11-17(2)3)9-12-7-5-4-6-8-12/h4-8,13,15H,9-11H2,1-3H3,(H,16,18). The molecule has 0 aliphatic heterocycles. The Morgan fingerprint density at radius 2 is 1.94 bits per heavy atom. The van der Waals surface area contributed by atoms with E-state index in [1.165, 1.54) is 5.56 Å². The average molecular weight is 249 g/mol. The largest absolute Gasteiger partial charge is 0.351 e. The van der Waals surface area contributed by atoms with Gasteiger partial charge in [-0.1, -0.05) is 30.3 Å². The predicted molar refractivity (Wildman–Crippen MR) is 74.6 cm³/mol. The van der Waals surface area contributed by atoms with Gasteiger partial charge in [-0.2, -0.15) is 0 Å². The maximum Gasteiger partial charge on any atom is 0.234 e. The summed E-state index contributed by atoms with van der Waals surface area (Å²) in [6.07, 6.45) is 0.856. The zero-order valence-electron chi connectivity index (χ0n) is 11.4. The molecule has 18 heavy (non-hydrogen) atoms. The molecule has 4 heteroatoms. The molecule has 1 amide bonds. The van der Waals surface area contributed by atoms with Crippen molar-refractivity contribution < 1.29 is 4.79 Å². The van der Waals surface area contributed by atoms with Gasteiger partial charge in [-0.15, -0.1) is 0 Å². The maximum absolute atomic E-state index is 11.6. The topological polar surface area (TPSA) is 44.4 Å². The van der Waals surface area contributed by atoms with Crippen molar-refractivity contribution in [2.45, 2.75) is 12.5 Å². The number of hydrogen-bond acceptors (Lipinski definition) is 3. The van der Waals surface area contributed by atoms with Crippen LogP contribution in [0.15, 0.2) is 30.3 Å². The second-order valence-corrected chi connectivity index (χ2v) is 4.75. The molecule has 0 saturated carbocycles. The van der Waals surface area contributed by atoms with Crippen LogP contribution in [0.3, 0.4) is 0 Å². The molecule has 0 saturated heterocycles. The van der Waals surface area contributed by atoms with E-state index < -0.39 is 0 Å². The first-order chi connectivity index (χ1) is 8.61. The van der Waals surface area contributed by atoms with E-state index >= 15 is 0 Å². The monoisotopic (exact) mass is 249 g/mol. The molecule has 4 nitrogen and oxygen atoms in total. The summed E-state index contributed by atoms with van der Waals surface area (Å²) in [7, 11) is 5.81. The highest BCUT2D eigenvalue weighted by Crippen LogP contribution is 2.03. The van der Waals surface area contributed by atoms with Crippen molar-refractivity contribution in [3.05, 3.63) is 35.9 Å². The van der Waals surface area contributed by atoms with Gasteiger partial charge >= 0.3 is 0 Å². The Kier molecular flexibility index (Phi) is 6.39. The van der Waals surface area contributed by atoms with Crippen molar-refractivity contribution in [2.24, 2.45) is 0 Å². The Morgan fingerprint density at radius 3 is 2.50 bits per heavy atom. The van der Waals surface area contributed by atoms with Gasteiger partial charge in [-0.25, -0.2) is 0 Å². The zero-order valence-corrected chi connectivity index (χ0v) is 11.4. The Labute approximate surface area is 109 Å². The molecule has 1 aromatic rings. The molecule has 1 atom stereocenters. The van der Waals surface area contributed by atoms with E-state index in [4.69, 9.17) is 0 Å². The second-order valence-electron chi connectivity index (χ2n) is 4.75. The van der Waals surface area contributed by atoms with Crippen molar-refractivity contribution in [3.63, 3.8) is 0 Å². The first-order valence-corrected chi connectivity index (χ1v) is 6.24. The van der Waals surface area contributed by atoms with Gasteiger partial charge < -0.3 is 15.5 Å². The number of amides is 1. The summed E-state index contributed by atoms with van der Waals surface area (Å²) in [5.41, 5.74) is 1.24. The number of nitrogens with zero attached hydrogens (tertiary/aromatic N) is 1. The fraction of sp³-hybridized carbons (Fsp3) is 0.500. The van der Waals surface area contributed by atoms with Crippen molar-refractivity contribution in [3.8, 4) is 0 Å². The zero-order chi connectivity index (χ0) is 13.4. The third-order valence-electron chi connectivity index (χ3n) is 2.61. The van der Waals surface area contributed by atoms with Crippen LogP contribution in [0.25, 0.3) is 0 Å². The molecule has 0 bridgehead atoms. The van der Waals surface area contributed by atoms with E-state index in [0.717, 1.165) is 13.0 Å². The smallest absolute Gasteiger partial charge is 0.234 e. The van der Waals surface area contributed by atoms with Gasteiger partial charge in [0.2, 0.25) is 5.91 Å². The molecule has 0 spiro atoms. The minimum Gasteiger partial charge on any atom is -0.351 e. The molecule has 2 N–H and O–H groups in total. The fourth-order valence-corrected chi connectivity index (χ4v) is 1.94. The van der Waals surface area contributed by atoms with Crippen LogP contribution in [0.1, 0.15) is 5.56 Å². The van der Waals surface area contributed by atoms with Gasteiger partial charge in [0, 0.05) is 12.6 Å². The minimum absolute atomic E-state index is 0.0419. The molecule has 1 aromatic carbocycles. The van der Waals surface area contributed by atoms with Gasteiger partial charge in [0.1, 0.15) is 0 Å². The normalized spacial score (nSPS) is 12.4. The summed E-state index contributed by atoms with van der Waals surface area (Å²) < 4.78 is 0. The van der Waals surface area contributed by atoms with Crippen LogP contribution in [0.2, 0.25) is 0 Å². The van der Waals surface area contributed by atoms with Gasteiger partial charge in [0.05, 0.1) is 6.54 Å². The Hall–Kier alpha value is -1.39. The Balaban J connectivity index is 2.58. The minimum atomic E-state index is 0.0419. The summed E-state index contributed by atoms with van der Waals surface area (Å²) >= 11 is 0. The number of nitrogens with one attached hydrogen (secondary N) is 2. The average Bonchev–Trinajstić information content (AvgIpc) is 2.29. The van der Waals surface area contributed by atoms with Crippen LogP contribution in [0, 0.1) is 0 Å². The van der Waals surface area contributed by atoms with Gasteiger partial charge in [0.25, 0.3) is 0 Å². The van der Waals surface area contributed by atoms with Crippen LogP contribution in [0.5, 0.6) is 0 Å². The van der Waals surface area contributed by atoms with Crippen LogP contribution in [-0.2, 0) is 11.2 Å². The Bertz CT molecular complexity index is 351. The number of carbonyl (C=O) groups is 1. The summed E-state index contributed by atoms with van der Waals surface area (Å²) in [6, 6.07) is 10.4. The molecular formula is C14H23N3O. The van der Waals surface area contributed by atoms with Crippen LogP contribution in [0.4, 0.5) is 0 Å². The molecule has 0 aromatic heterocycles. The molecule has 1 rings (SSSR count). The number of rotatable bonds is 7. The molecule has 100 valence electrons. The molecule has 0 aliphatic rings. The van der Waals surface area contributed by atoms with Crippen LogP contribution >= 0.6 is 0 Å². The van der Waals surface area contributed by atoms with E-state index in [9.17, 15) is 4.79 Å². The summed E-state index contributed by atoms with van der Waals surface area (Å²) in [5.74, 6) is 0.0419. The molecule has 1 unspecified atom stereocenters. The third-order valence-corrected chi connectivity index (χ3v) is 2.61. The summed E-state index contributed by atoms with van der Waals surface area (Å²) in [5, 5.41) is 5.92. The highest BCUT2D eigenvalue weighted by atomic mass is 16.1. The molecule has 0 aliphatic carbocycles. The lowest BCUT2D eigenvalue weighted by Crippen LogP contribution is -2.45. The number of hydrogen-bond donors (Lipinski definition) is 2. The highest BCUT2D eigenvalue weighted by molar-refractivity contribution is 5.78. The van der Waals surface area contributed by atoms with Crippen molar-refractivity contribution >= 4 is 5.91 Å². The second kappa shape index (κ2) is 7.84. The molecular weight excluding hydrogens is 226 g/mol. The maximum atomic E-state index is 11.6. The molecule has 0 radical (unpaired) electrons. The van der Waals surface area contributed by atoms with E-state index in [-0.39, 0.29) is 11.9 Å². The fourth-order valence-electron chi connectivity index (χ4n) is 1.94. The van der Waals surface area contributed by atoms with Crippen LogP contribution in [-0.4, -0.2) is 51.1 Å². The number of benzene rings is 1. The first-order valence-electron chi connectivity index (χ1n) is 6.24. The predicted octanol–water partition coefficient (Wildman–Crippen LogP) is 0.495. The van der Waals surface area contributed by atoms with Crippen LogP contribution < -0.4 is 10.6 Å². The lowest BCUT2D eigenvalue weighted by Gasteiger charge is -2.22. The lowest BCUT2D eigenvalue weighted by molar-refractivity contribution is -0.120. The van der Waals surface area contributed by atoms with E-state index in [1.807, 2.05) is 32.3 Å². The Morgan fingerprint density at radius 1 is 1.28 bits per heavy atom. The van der Waals surface area contributed by atoms with Crippen molar-refractivity contribution in [1.29, 1.82) is 0 Å². The summed E-state index contributed by atoms with van der Waals surface area (Å²) in [6.45, 7) is 1.20. The number of likely N-dealkylation sites (N-methyl/N-ethyl adjacent to an activating group) is 2. The van der Waals surface area contributed by atoms with E-state index in [1.54, 1.807) is 7.05 Å². The first kappa shape index (κ1) is 14.7. The number of carbonyl (C=O) groups excluding carboxylic acids is 1. The van der Waals surface area contributed by atoms with Gasteiger partial charge in [-0.05, 0) is 33.1 Å². The molecule has 0 heterocycles. The lowest BCUT2D eigenvalue weighted by atomic mass is 10.1. The van der Waals surface area contributed by atoms with E-state index in [0.29, 0.717) is 6.54 Å². The van der Waals surface area contributed by atoms with Crippen molar-refractivity contribution in [1.82, 2.24) is 15.5 Å². The summed E-state index contributed by atoms with van der Waals surface area (Å²) in [4.78, 5) is 13.7. The van der Waals surface area contributed by atoms with E-state index in [2.05, 4.69) is 27.7 Å². The molecule has 0 fully saturated rings. The highest BCUT2D eigenvalue weighted by Gasteiger charge is 2.13. The van der Waals surface area contributed by atoms with Crippen molar-refractivity contribution in [2.75, 3.05) is 34.2 Å². The van der Waals surface area contributed by atoms with Gasteiger partial charge in [-0.3, -0.25) is 4.79 Å². The third kappa shape index (κ3) is 5.80. The SMILES string of the molecule is CNCC(=O)NC(Cc1ccccc1)CN(C)C. The van der Waals surface area contributed by atoms with Gasteiger partial charge in [0.15, 0.2) is 0 Å². The quantitative estimate of drug-likeness (QED) is 0.739.